The molecule has 0 saturated carbocycles. The number of carbonyl (C=O) groups excluding carboxylic acids is 1. The lowest BCUT2D eigenvalue weighted by atomic mass is 9.98. The van der Waals surface area contributed by atoms with Crippen LogP contribution in [0, 0.1) is 0 Å². The average molecular weight is 574 g/mol. The van der Waals surface area contributed by atoms with Gasteiger partial charge in [-0.15, -0.1) is 0 Å². The van der Waals surface area contributed by atoms with E-state index in [1.807, 2.05) is 36.6 Å². The highest BCUT2D eigenvalue weighted by atomic mass is 79.9. The number of guanidine groups is 1. The minimum Gasteiger partial charge on any atom is -0.423 e. The van der Waals surface area contributed by atoms with Crippen molar-refractivity contribution in [3.63, 3.8) is 0 Å². The van der Waals surface area contributed by atoms with Gasteiger partial charge in [0, 0.05) is 26.0 Å². The lowest BCUT2D eigenvalue weighted by Gasteiger charge is -2.27. The maximum absolute atomic E-state index is 13.5. The summed E-state index contributed by atoms with van der Waals surface area (Å²) in [6.45, 7) is 5.88. The molecule has 1 amide bonds. The molecule has 0 aliphatic carbocycles. The fourth-order valence-electron chi connectivity index (χ4n) is 3.25. The molecule has 10 nitrogen and oxygen atoms in total. The van der Waals surface area contributed by atoms with Gasteiger partial charge in [0.2, 0.25) is 5.96 Å². The van der Waals surface area contributed by atoms with Crippen molar-refractivity contribution >= 4 is 67.6 Å². The van der Waals surface area contributed by atoms with Crippen LogP contribution in [-0.2, 0) is 4.79 Å². The lowest BCUT2D eigenvalue weighted by molar-refractivity contribution is -0.116. The molecule has 1 aliphatic rings. The lowest BCUT2D eigenvalue weighted by Crippen LogP contribution is -2.45. The van der Waals surface area contributed by atoms with E-state index in [1.54, 1.807) is 21.0 Å². The van der Waals surface area contributed by atoms with Crippen molar-refractivity contribution in [2.24, 2.45) is 20.7 Å². The molecule has 0 fully saturated rings. The fraction of sp³-hybridized carbons (Fsp3) is 0.292. The number of benzene rings is 1. The van der Waals surface area contributed by atoms with Gasteiger partial charge < -0.3 is 20.8 Å². The van der Waals surface area contributed by atoms with Crippen LogP contribution in [0.1, 0.15) is 27.2 Å². The number of hydrogen-bond acceptors (Lipinski definition) is 10. The molecule has 36 heavy (non-hydrogen) atoms. The van der Waals surface area contributed by atoms with Gasteiger partial charge >= 0.3 is 6.01 Å². The van der Waals surface area contributed by atoms with E-state index in [0.717, 1.165) is 6.42 Å². The van der Waals surface area contributed by atoms with Gasteiger partial charge in [-0.05, 0) is 53.7 Å². The number of amidine groups is 1. The molecule has 0 radical (unpaired) electrons. The van der Waals surface area contributed by atoms with E-state index < -0.39 is 6.04 Å². The Morgan fingerprint density at radius 2 is 2.08 bits per heavy atom. The van der Waals surface area contributed by atoms with E-state index >= 15 is 0 Å². The summed E-state index contributed by atoms with van der Waals surface area (Å²) in [7, 11) is 3.24. The van der Waals surface area contributed by atoms with Crippen LogP contribution in [0.2, 0.25) is 0 Å². The van der Waals surface area contributed by atoms with Crippen LogP contribution >= 0.6 is 27.7 Å². The van der Waals surface area contributed by atoms with Crippen LogP contribution in [0.5, 0.6) is 0 Å². The summed E-state index contributed by atoms with van der Waals surface area (Å²) in [6.07, 6.45) is 2.28. The normalized spacial score (nSPS) is 17.7. The molecule has 3 rings (SSSR count). The highest BCUT2D eigenvalue weighted by Gasteiger charge is 2.33. The predicted molar refractivity (Wildman–Crippen MR) is 152 cm³/mol. The third-order valence-corrected chi connectivity index (χ3v) is 6.95. The van der Waals surface area contributed by atoms with E-state index in [-0.39, 0.29) is 11.9 Å². The second kappa shape index (κ2) is 12.5. The van der Waals surface area contributed by atoms with Crippen molar-refractivity contribution in [1.82, 2.24) is 15.6 Å². The number of oxazole rings is 1. The van der Waals surface area contributed by atoms with Crippen molar-refractivity contribution in [2.75, 3.05) is 19.4 Å². The molecule has 12 heteroatoms. The highest BCUT2D eigenvalue weighted by molar-refractivity contribution is 9.12. The number of aliphatic imine (C=N–C) groups is 3. The molecular weight excluding hydrogens is 544 g/mol. The summed E-state index contributed by atoms with van der Waals surface area (Å²) in [6, 6.07) is 6.92. The number of hydrogen-bond donors (Lipinski definition) is 4. The summed E-state index contributed by atoms with van der Waals surface area (Å²) in [5.41, 5.74) is 9.71. The van der Waals surface area contributed by atoms with E-state index in [4.69, 9.17) is 15.1 Å². The van der Waals surface area contributed by atoms with Gasteiger partial charge in [0.25, 0.3) is 5.91 Å². The number of para-hydroxylation sites is 2. The molecule has 0 bridgehead atoms. The summed E-state index contributed by atoms with van der Waals surface area (Å²) >= 11 is 4.78. The summed E-state index contributed by atoms with van der Waals surface area (Å²) in [5, 5.41) is 11.5. The molecule has 1 aromatic heterocycles. The van der Waals surface area contributed by atoms with Gasteiger partial charge in [-0.3, -0.25) is 20.1 Å². The van der Waals surface area contributed by atoms with Crippen molar-refractivity contribution in [3.05, 3.63) is 57.2 Å². The number of fused-ring (bicyclic) bond motifs is 1. The number of aromatic nitrogens is 1. The predicted octanol–water partition coefficient (Wildman–Crippen LogP) is 4.26. The fourth-order valence-corrected chi connectivity index (χ4v) is 4.38. The first kappa shape index (κ1) is 27.2. The van der Waals surface area contributed by atoms with Crippen LogP contribution in [-0.4, -0.2) is 47.9 Å². The first-order valence-corrected chi connectivity index (χ1v) is 12.8. The SMILES string of the molecule is CC/C(C)=C/SC(=NC)NC(=O)C1=C(C)NC(Nc2nc3ccccc3o2)=NC1C(=NC)C(Br)=CN. The molecule has 1 atom stereocenters. The van der Waals surface area contributed by atoms with Gasteiger partial charge in [0.15, 0.2) is 10.8 Å². The number of carbonyl (C=O) groups is 1. The average Bonchev–Trinajstić information content (AvgIpc) is 3.28. The molecule has 0 saturated heterocycles. The molecule has 1 aliphatic heterocycles. The molecule has 5 N–H and O–H groups in total. The monoisotopic (exact) mass is 572 g/mol. The van der Waals surface area contributed by atoms with E-state index in [1.165, 1.54) is 23.5 Å². The largest absolute Gasteiger partial charge is 0.423 e. The van der Waals surface area contributed by atoms with Crippen molar-refractivity contribution in [1.29, 1.82) is 0 Å². The van der Waals surface area contributed by atoms with Crippen LogP contribution < -0.4 is 21.7 Å². The quantitative estimate of drug-likeness (QED) is 0.299. The maximum atomic E-state index is 13.5. The Balaban J connectivity index is 1.93. The van der Waals surface area contributed by atoms with Gasteiger partial charge in [-0.1, -0.05) is 36.4 Å². The van der Waals surface area contributed by atoms with Crippen LogP contribution in [0.25, 0.3) is 11.1 Å². The van der Waals surface area contributed by atoms with Gasteiger partial charge in [-0.25, -0.2) is 4.99 Å². The zero-order chi connectivity index (χ0) is 26.2. The van der Waals surface area contributed by atoms with Gasteiger partial charge in [0.05, 0.1) is 15.8 Å². The Morgan fingerprint density at radius 1 is 1.33 bits per heavy atom. The summed E-state index contributed by atoms with van der Waals surface area (Å²) in [4.78, 5) is 31.2. The van der Waals surface area contributed by atoms with Crippen LogP contribution in [0.3, 0.4) is 0 Å². The Morgan fingerprint density at radius 3 is 2.72 bits per heavy atom. The highest BCUT2D eigenvalue weighted by Crippen LogP contribution is 2.25. The number of anilines is 1. The van der Waals surface area contributed by atoms with Crippen LogP contribution in [0.4, 0.5) is 6.01 Å². The molecular formula is C24H29BrN8O2S. The topological polar surface area (TPSA) is 142 Å². The minimum absolute atomic E-state index is 0.264. The van der Waals surface area contributed by atoms with E-state index in [2.05, 4.69) is 53.8 Å². The number of nitrogens with one attached hydrogen (secondary N) is 3. The number of rotatable bonds is 6. The number of halogens is 1. The van der Waals surface area contributed by atoms with Crippen LogP contribution in [0.15, 0.2) is 76.6 Å². The zero-order valence-electron chi connectivity index (χ0n) is 20.7. The van der Waals surface area contributed by atoms with Gasteiger partial charge in [0.1, 0.15) is 11.6 Å². The second-order valence-electron chi connectivity index (χ2n) is 7.70. The number of nitrogens with zero attached hydrogens (tertiary/aromatic N) is 4. The van der Waals surface area contributed by atoms with E-state index in [9.17, 15) is 4.79 Å². The second-order valence-corrected chi connectivity index (χ2v) is 9.41. The Bertz CT molecular complexity index is 1290. The Kier molecular flexibility index (Phi) is 9.48. The van der Waals surface area contributed by atoms with Crippen molar-refractivity contribution in [3.8, 4) is 0 Å². The van der Waals surface area contributed by atoms with Crippen molar-refractivity contribution < 1.29 is 9.21 Å². The van der Waals surface area contributed by atoms with Crippen molar-refractivity contribution in [2.45, 2.75) is 33.2 Å². The Labute approximate surface area is 222 Å². The molecule has 1 aromatic carbocycles. The molecule has 190 valence electrons. The first-order chi connectivity index (χ1) is 17.3. The van der Waals surface area contributed by atoms with Gasteiger partial charge in [-0.2, -0.15) is 4.98 Å². The molecule has 2 aromatic rings. The number of thioether (sulfide) groups is 1. The number of nitrogens with two attached hydrogens (primary N) is 1. The maximum Gasteiger partial charge on any atom is 0.302 e. The molecule has 1 unspecified atom stereocenters. The number of allylic oxidation sites excluding steroid dienone is 2. The standard InChI is InChI=1S/C24H29BrN8O2S/c1-6-13(2)12-36-24(28-5)32-21(34)18-14(3)29-22(31-20(18)19(27-4)15(25)11-26)33-23-30-16-9-7-8-10-17(16)35-23/h7-12,20H,6,26H2,1-5H3,(H,28,32,34)(H2,29,30,31,33)/b13-12+,15-11?,27-19?. The summed E-state index contributed by atoms with van der Waals surface area (Å²) < 4.78 is 6.27. The summed E-state index contributed by atoms with van der Waals surface area (Å²) in [5.74, 6) is -0.0110. The number of amides is 1. The van der Waals surface area contributed by atoms with E-state index in [0.29, 0.717) is 43.7 Å². The molecule has 0 spiro atoms. The molecule has 2 heterocycles. The minimum atomic E-state index is -0.770. The first-order valence-electron chi connectivity index (χ1n) is 11.1. The third kappa shape index (κ3) is 6.43. The third-order valence-electron chi connectivity index (χ3n) is 5.25. The zero-order valence-corrected chi connectivity index (χ0v) is 23.1. The Hall–Kier alpha value is -3.38. The smallest absolute Gasteiger partial charge is 0.302 e.